The van der Waals surface area contributed by atoms with Gasteiger partial charge in [-0.05, 0) is 79.4 Å². The van der Waals surface area contributed by atoms with E-state index in [1.807, 2.05) is 11.3 Å². The molecular weight excluding hydrogens is 371 g/mol. The van der Waals surface area contributed by atoms with E-state index in [1.54, 1.807) is 0 Å². The second kappa shape index (κ2) is 9.38. The quantitative estimate of drug-likeness (QED) is 0.767. The predicted octanol–water partition coefficient (Wildman–Crippen LogP) is 5.13. The Hall–Kier alpha value is -0.580. The number of rotatable bonds is 3. The Morgan fingerprint density at radius 2 is 1.40 bits per heavy atom. The van der Waals surface area contributed by atoms with Crippen molar-refractivity contribution < 1.29 is 0 Å². The summed E-state index contributed by atoms with van der Waals surface area (Å²) in [6, 6.07) is 4.89. The fraction of sp³-hybridized carbons (Fsp3) is 0.500. The second-order valence-electron chi connectivity index (χ2n) is 6.74. The maximum absolute atomic E-state index is 3.49. The standard InChI is InChI=1S/C20H28N2S.2ClH/c1-13-14(2)16(4)19(17(5)15(13)3)20(18-7-6-12-23-18)22-10-8-21-9-11-22;;/h6-7,12,20-21H,8-11H2,1-5H3;2*1H/t20-;;/m1../s1. The lowest BCUT2D eigenvalue weighted by Gasteiger charge is -2.37. The number of piperazine rings is 1. The van der Waals surface area contributed by atoms with Gasteiger partial charge in [-0.2, -0.15) is 0 Å². The molecule has 0 saturated carbocycles. The summed E-state index contributed by atoms with van der Waals surface area (Å²) in [5.41, 5.74) is 8.86. The molecule has 1 N–H and O–H groups in total. The van der Waals surface area contributed by atoms with E-state index >= 15 is 0 Å². The molecule has 3 rings (SSSR count). The van der Waals surface area contributed by atoms with Gasteiger partial charge in [-0.25, -0.2) is 0 Å². The molecule has 1 aromatic carbocycles. The van der Waals surface area contributed by atoms with Crippen molar-refractivity contribution in [3.05, 3.63) is 55.8 Å². The van der Waals surface area contributed by atoms with E-state index in [0.717, 1.165) is 26.2 Å². The zero-order valence-corrected chi connectivity index (χ0v) is 18.3. The molecule has 140 valence electrons. The van der Waals surface area contributed by atoms with Crippen LogP contribution in [0.3, 0.4) is 0 Å². The van der Waals surface area contributed by atoms with Gasteiger partial charge in [0.25, 0.3) is 0 Å². The first kappa shape index (κ1) is 22.5. The van der Waals surface area contributed by atoms with Crippen LogP contribution >= 0.6 is 36.2 Å². The highest BCUT2D eigenvalue weighted by molar-refractivity contribution is 7.10. The van der Waals surface area contributed by atoms with Gasteiger partial charge >= 0.3 is 0 Å². The number of nitrogens with zero attached hydrogens (tertiary/aromatic N) is 1. The summed E-state index contributed by atoms with van der Waals surface area (Å²) in [6.45, 7) is 15.9. The maximum Gasteiger partial charge on any atom is 0.0702 e. The Morgan fingerprint density at radius 3 is 1.88 bits per heavy atom. The molecule has 0 amide bonds. The molecule has 1 saturated heterocycles. The highest BCUT2D eigenvalue weighted by Gasteiger charge is 2.28. The van der Waals surface area contributed by atoms with Crippen LogP contribution in [0.2, 0.25) is 0 Å². The maximum atomic E-state index is 3.49. The summed E-state index contributed by atoms with van der Waals surface area (Å²) in [6.07, 6.45) is 0. The average molecular weight is 401 g/mol. The van der Waals surface area contributed by atoms with Crippen LogP contribution in [0.1, 0.15) is 44.3 Å². The molecule has 0 bridgehead atoms. The minimum atomic E-state index is 0. The van der Waals surface area contributed by atoms with Crippen LogP contribution in [0.15, 0.2) is 17.5 Å². The first-order chi connectivity index (χ1) is 11.0. The van der Waals surface area contributed by atoms with Crippen molar-refractivity contribution in [1.29, 1.82) is 0 Å². The Labute approximate surface area is 168 Å². The Kier molecular flexibility index (Phi) is 8.43. The smallest absolute Gasteiger partial charge is 0.0702 e. The number of hydrogen-bond acceptors (Lipinski definition) is 3. The van der Waals surface area contributed by atoms with Crippen molar-refractivity contribution in [3.63, 3.8) is 0 Å². The molecule has 0 radical (unpaired) electrons. The summed E-state index contributed by atoms with van der Waals surface area (Å²) < 4.78 is 0. The van der Waals surface area contributed by atoms with Gasteiger partial charge in [0.05, 0.1) is 6.04 Å². The summed E-state index contributed by atoms with van der Waals surface area (Å²) >= 11 is 1.89. The summed E-state index contributed by atoms with van der Waals surface area (Å²) in [5, 5.41) is 5.70. The van der Waals surface area contributed by atoms with Gasteiger partial charge in [-0.3, -0.25) is 4.90 Å². The van der Waals surface area contributed by atoms with Crippen LogP contribution in [0, 0.1) is 34.6 Å². The van der Waals surface area contributed by atoms with E-state index in [9.17, 15) is 0 Å². The summed E-state index contributed by atoms with van der Waals surface area (Å²) in [7, 11) is 0. The van der Waals surface area contributed by atoms with Crippen LogP contribution in [0.4, 0.5) is 0 Å². The van der Waals surface area contributed by atoms with Gasteiger partial charge in [0.2, 0.25) is 0 Å². The van der Waals surface area contributed by atoms with Crippen molar-refractivity contribution in [2.75, 3.05) is 26.2 Å². The van der Waals surface area contributed by atoms with Crippen molar-refractivity contribution in [2.45, 2.75) is 40.7 Å². The van der Waals surface area contributed by atoms with Gasteiger partial charge < -0.3 is 5.32 Å². The molecule has 0 spiro atoms. The van der Waals surface area contributed by atoms with E-state index in [-0.39, 0.29) is 24.8 Å². The molecule has 2 heterocycles. The molecule has 0 aliphatic carbocycles. The highest BCUT2D eigenvalue weighted by Crippen LogP contribution is 2.38. The summed E-state index contributed by atoms with van der Waals surface area (Å²) in [5.74, 6) is 0. The van der Waals surface area contributed by atoms with Crippen LogP contribution in [0.25, 0.3) is 0 Å². The van der Waals surface area contributed by atoms with Gasteiger partial charge in [-0.15, -0.1) is 36.2 Å². The normalized spacial score (nSPS) is 16.0. The van der Waals surface area contributed by atoms with Crippen LogP contribution in [-0.4, -0.2) is 31.1 Å². The monoisotopic (exact) mass is 400 g/mol. The van der Waals surface area contributed by atoms with E-state index in [4.69, 9.17) is 0 Å². The highest BCUT2D eigenvalue weighted by atomic mass is 35.5. The number of halogens is 2. The number of thiophene rings is 1. The first-order valence-corrected chi connectivity index (χ1v) is 9.45. The second-order valence-corrected chi connectivity index (χ2v) is 7.72. The summed E-state index contributed by atoms with van der Waals surface area (Å²) in [4.78, 5) is 4.13. The molecule has 5 heteroatoms. The number of nitrogens with one attached hydrogen (secondary N) is 1. The van der Waals surface area contributed by atoms with E-state index in [2.05, 4.69) is 62.3 Å². The minimum absolute atomic E-state index is 0. The predicted molar refractivity (Wildman–Crippen MR) is 115 cm³/mol. The lowest BCUT2D eigenvalue weighted by molar-refractivity contribution is 0.199. The average Bonchev–Trinajstić information content (AvgIpc) is 3.10. The third kappa shape index (κ3) is 4.23. The Bertz CT molecular complexity index is 663. The third-order valence-corrected chi connectivity index (χ3v) is 6.59. The fourth-order valence-corrected chi connectivity index (χ4v) is 4.70. The van der Waals surface area contributed by atoms with Crippen LogP contribution in [-0.2, 0) is 0 Å². The van der Waals surface area contributed by atoms with E-state index < -0.39 is 0 Å². The molecule has 0 unspecified atom stereocenters. The molecule has 1 atom stereocenters. The largest absolute Gasteiger partial charge is 0.314 e. The minimum Gasteiger partial charge on any atom is -0.314 e. The van der Waals surface area contributed by atoms with Crippen molar-refractivity contribution in [2.24, 2.45) is 0 Å². The lowest BCUT2D eigenvalue weighted by Crippen LogP contribution is -2.45. The van der Waals surface area contributed by atoms with Gasteiger partial charge in [0.1, 0.15) is 0 Å². The molecule has 25 heavy (non-hydrogen) atoms. The van der Waals surface area contributed by atoms with Crippen LogP contribution in [0.5, 0.6) is 0 Å². The van der Waals surface area contributed by atoms with E-state index in [0.29, 0.717) is 6.04 Å². The van der Waals surface area contributed by atoms with Gasteiger partial charge in [0.15, 0.2) is 0 Å². The van der Waals surface area contributed by atoms with Crippen molar-refractivity contribution in [3.8, 4) is 0 Å². The number of benzene rings is 1. The van der Waals surface area contributed by atoms with Gasteiger partial charge in [0, 0.05) is 31.1 Å². The number of hydrogen-bond donors (Lipinski definition) is 1. The third-order valence-electron chi connectivity index (χ3n) is 5.66. The van der Waals surface area contributed by atoms with Gasteiger partial charge in [-0.1, -0.05) is 6.07 Å². The molecule has 1 aliphatic heterocycles. The Balaban J connectivity index is 0.00000156. The molecular formula is C20H30Cl2N2S. The molecule has 2 aromatic rings. The fourth-order valence-electron chi connectivity index (χ4n) is 3.83. The molecule has 1 fully saturated rings. The van der Waals surface area contributed by atoms with Crippen molar-refractivity contribution >= 4 is 36.2 Å². The molecule has 2 nitrogen and oxygen atoms in total. The first-order valence-electron chi connectivity index (χ1n) is 8.57. The van der Waals surface area contributed by atoms with E-state index in [1.165, 1.54) is 38.3 Å². The zero-order valence-electron chi connectivity index (χ0n) is 15.8. The zero-order chi connectivity index (χ0) is 16.6. The SMILES string of the molecule is Cc1c(C)c(C)c([C@@H](c2cccs2)N2CCNCC2)c(C)c1C.Cl.Cl. The molecule has 1 aliphatic rings. The lowest BCUT2D eigenvalue weighted by atomic mass is 9.85. The molecule has 1 aromatic heterocycles. The van der Waals surface area contributed by atoms with Crippen molar-refractivity contribution in [1.82, 2.24) is 10.2 Å². The van der Waals surface area contributed by atoms with Crippen LogP contribution < -0.4 is 5.32 Å². The Morgan fingerprint density at radius 1 is 0.880 bits per heavy atom. The topological polar surface area (TPSA) is 15.3 Å².